The zero-order valence-electron chi connectivity index (χ0n) is 6.70. The maximum absolute atomic E-state index is 5.95. The number of anilines is 1. The van der Waals surface area contributed by atoms with Gasteiger partial charge >= 0.3 is 0 Å². The smallest absolute Gasteiger partial charge is 0.147 e. The minimum absolute atomic E-state index is 0.494. The Morgan fingerprint density at radius 1 is 1.31 bits per heavy atom. The Labute approximate surface area is 80.1 Å². The molecule has 0 aliphatic rings. The number of nitrogens with two attached hydrogens (primary N) is 1. The number of halogens is 1. The Morgan fingerprint density at radius 2 is 2.08 bits per heavy atom. The summed E-state index contributed by atoms with van der Waals surface area (Å²) in [6, 6.07) is 7.35. The SMILES string of the molecule is Nc1conc1-c1ccccc1Cl. The molecule has 0 bridgehead atoms. The zero-order valence-corrected chi connectivity index (χ0v) is 7.45. The molecular weight excluding hydrogens is 188 g/mol. The number of hydrogen-bond acceptors (Lipinski definition) is 3. The topological polar surface area (TPSA) is 52.0 Å². The van der Waals surface area contributed by atoms with Gasteiger partial charge in [0.15, 0.2) is 0 Å². The highest BCUT2D eigenvalue weighted by atomic mass is 35.5. The fourth-order valence-corrected chi connectivity index (χ4v) is 1.33. The van der Waals surface area contributed by atoms with Crippen LogP contribution in [0, 0.1) is 0 Å². The van der Waals surface area contributed by atoms with E-state index in [1.807, 2.05) is 18.2 Å². The zero-order chi connectivity index (χ0) is 9.26. The van der Waals surface area contributed by atoms with Crippen molar-refractivity contribution in [1.29, 1.82) is 0 Å². The van der Waals surface area contributed by atoms with E-state index in [1.54, 1.807) is 6.07 Å². The van der Waals surface area contributed by atoms with Gasteiger partial charge in [-0.25, -0.2) is 0 Å². The van der Waals surface area contributed by atoms with Crippen LogP contribution >= 0.6 is 11.6 Å². The summed E-state index contributed by atoms with van der Waals surface area (Å²) in [6.07, 6.45) is 1.39. The third-order valence-corrected chi connectivity index (χ3v) is 2.06. The van der Waals surface area contributed by atoms with Crippen molar-refractivity contribution in [2.24, 2.45) is 0 Å². The van der Waals surface area contributed by atoms with Crippen LogP contribution in [-0.2, 0) is 0 Å². The molecule has 0 spiro atoms. The first kappa shape index (κ1) is 8.13. The van der Waals surface area contributed by atoms with E-state index in [0.29, 0.717) is 16.4 Å². The van der Waals surface area contributed by atoms with E-state index in [9.17, 15) is 0 Å². The average Bonchev–Trinajstić information content (AvgIpc) is 2.52. The molecule has 0 saturated heterocycles. The highest BCUT2D eigenvalue weighted by Gasteiger charge is 2.09. The first-order chi connectivity index (χ1) is 6.29. The third-order valence-electron chi connectivity index (χ3n) is 1.73. The maximum atomic E-state index is 5.95. The first-order valence-corrected chi connectivity index (χ1v) is 4.11. The van der Waals surface area contributed by atoms with Gasteiger partial charge in [0.1, 0.15) is 17.6 Å². The van der Waals surface area contributed by atoms with E-state index in [-0.39, 0.29) is 0 Å². The quantitative estimate of drug-likeness (QED) is 0.759. The Morgan fingerprint density at radius 3 is 2.69 bits per heavy atom. The fourth-order valence-electron chi connectivity index (χ4n) is 1.10. The van der Waals surface area contributed by atoms with Gasteiger partial charge in [-0.2, -0.15) is 0 Å². The Hall–Kier alpha value is -1.48. The van der Waals surface area contributed by atoms with Crippen LogP contribution in [0.1, 0.15) is 0 Å². The second kappa shape index (κ2) is 3.11. The van der Waals surface area contributed by atoms with Gasteiger partial charge in [-0.05, 0) is 6.07 Å². The molecule has 0 aliphatic carbocycles. The summed E-state index contributed by atoms with van der Waals surface area (Å²) in [5, 5.41) is 4.38. The monoisotopic (exact) mass is 194 g/mol. The van der Waals surface area contributed by atoms with Gasteiger partial charge in [0.05, 0.1) is 5.02 Å². The molecule has 1 aromatic heterocycles. The maximum Gasteiger partial charge on any atom is 0.147 e. The molecule has 0 atom stereocenters. The molecule has 2 aromatic rings. The number of rotatable bonds is 1. The fraction of sp³-hybridized carbons (Fsp3) is 0. The van der Waals surface area contributed by atoms with Crippen molar-refractivity contribution in [3.05, 3.63) is 35.6 Å². The summed E-state index contributed by atoms with van der Waals surface area (Å²) in [6.45, 7) is 0. The Kier molecular flexibility index (Phi) is 1.94. The third kappa shape index (κ3) is 1.38. The molecule has 0 amide bonds. The molecule has 2 rings (SSSR count). The van der Waals surface area contributed by atoms with Gasteiger partial charge in [0, 0.05) is 5.56 Å². The largest absolute Gasteiger partial charge is 0.394 e. The van der Waals surface area contributed by atoms with Crippen LogP contribution < -0.4 is 5.73 Å². The van der Waals surface area contributed by atoms with Crippen LogP contribution in [0.15, 0.2) is 35.1 Å². The molecule has 66 valence electrons. The van der Waals surface area contributed by atoms with E-state index >= 15 is 0 Å². The van der Waals surface area contributed by atoms with Gasteiger partial charge in [-0.15, -0.1) is 0 Å². The second-order valence-electron chi connectivity index (χ2n) is 2.60. The molecule has 2 N–H and O–H groups in total. The van der Waals surface area contributed by atoms with E-state index in [1.165, 1.54) is 6.26 Å². The van der Waals surface area contributed by atoms with Gasteiger partial charge in [-0.3, -0.25) is 0 Å². The second-order valence-corrected chi connectivity index (χ2v) is 3.01. The summed E-state index contributed by atoms with van der Waals surface area (Å²) >= 11 is 5.95. The first-order valence-electron chi connectivity index (χ1n) is 3.74. The summed E-state index contributed by atoms with van der Waals surface area (Å²) in [5.41, 5.74) is 7.50. The lowest BCUT2D eigenvalue weighted by Gasteiger charge is -1.98. The van der Waals surface area contributed by atoms with Gasteiger partial charge in [0.2, 0.25) is 0 Å². The molecule has 3 nitrogen and oxygen atoms in total. The average molecular weight is 195 g/mol. The molecular formula is C9H7ClN2O. The Balaban J connectivity index is 2.59. The molecule has 0 fully saturated rings. The highest BCUT2D eigenvalue weighted by molar-refractivity contribution is 6.33. The standard InChI is InChI=1S/C9H7ClN2O/c10-7-4-2-1-3-6(7)9-8(11)5-13-12-9/h1-5H,11H2. The van der Waals surface area contributed by atoms with Crippen molar-refractivity contribution in [3.63, 3.8) is 0 Å². The van der Waals surface area contributed by atoms with Crippen molar-refractivity contribution in [2.45, 2.75) is 0 Å². The number of nitrogens with zero attached hydrogens (tertiary/aromatic N) is 1. The summed E-state index contributed by atoms with van der Waals surface area (Å²) in [4.78, 5) is 0. The minimum atomic E-state index is 0.494. The van der Waals surface area contributed by atoms with Crippen molar-refractivity contribution < 1.29 is 4.52 Å². The lowest BCUT2D eigenvalue weighted by molar-refractivity contribution is 0.423. The molecule has 0 aliphatic heterocycles. The van der Waals surface area contributed by atoms with E-state index in [4.69, 9.17) is 21.9 Å². The van der Waals surface area contributed by atoms with E-state index in [0.717, 1.165) is 5.56 Å². The molecule has 1 aromatic carbocycles. The predicted molar refractivity (Wildman–Crippen MR) is 51.4 cm³/mol. The lowest BCUT2D eigenvalue weighted by atomic mass is 10.1. The molecule has 13 heavy (non-hydrogen) atoms. The molecule has 1 heterocycles. The van der Waals surface area contributed by atoms with Crippen LogP contribution in [0.2, 0.25) is 5.02 Å². The van der Waals surface area contributed by atoms with E-state index < -0.39 is 0 Å². The summed E-state index contributed by atoms with van der Waals surface area (Å²) in [7, 11) is 0. The van der Waals surface area contributed by atoms with Crippen LogP contribution in [0.25, 0.3) is 11.3 Å². The molecule has 0 radical (unpaired) electrons. The summed E-state index contributed by atoms with van der Waals surface area (Å²) in [5.74, 6) is 0. The van der Waals surface area contributed by atoms with Crippen molar-refractivity contribution in [3.8, 4) is 11.3 Å². The lowest BCUT2D eigenvalue weighted by Crippen LogP contribution is -1.86. The van der Waals surface area contributed by atoms with Crippen LogP contribution in [0.5, 0.6) is 0 Å². The van der Waals surface area contributed by atoms with Crippen molar-refractivity contribution in [1.82, 2.24) is 5.16 Å². The van der Waals surface area contributed by atoms with Gasteiger partial charge in [0.25, 0.3) is 0 Å². The molecule has 0 unspecified atom stereocenters. The number of hydrogen-bond donors (Lipinski definition) is 1. The number of benzene rings is 1. The normalized spacial score (nSPS) is 10.2. The van der Waals surface area contributed by atoms with Crippen molar-refractivity contribution >= 4 is 17.3 Å². The molecule has 4 heteroatoms. The number of aromatic nitrogens is 1. The molecule has 0 saturated carbocycles. The van der Waals surface area contributed by atoms with Crippen LogP contribution in [0.4, 0.5) is 5.69 Å². The van der Waals surface area contributed by atoms with Gasteiger partial charge in [-0.1, -0.05) is 35.0 Å². The minimum Gasteiger partial charge on any atom is -0.394 e. The van der Waals surface area contributed by atoms with E-state index in [2.05, 4.69) is 5.16 Å². The Bertz CT molecular complexity index is 425. The van der Waals surface area contributed by atoms with Crippen LogP contribution in [0.3, 0.4) is 0 Å². The highest BCUT2D eigenvalue weighted by Crippen LogP contribution is 2.29. The summed E-state index contributed by atoms with van der Waals surface area (Å²) < 4.78 is 4.72. The van der Waals surface area contributed by atoms with Gasteiger partial charge < -0.3 is 10.3 Å². The predicted octanol–water partition coefficient (Wildman–Crippen LogP) is 2.58. The number of nitrogen functional groups attached to an aromatic ring is 1. The van der Waals surface area contributed by atoms with Crippen LogP contribution in [-0.4, -0.2) is 5.16 Å². The van der Waals surface area contributed by atoms with Crippen molar-refractivity contribution in [2.75, 3.05) is 5.73 Å².